The fourth-order valence-corrected chi connectivity index (χ4v) is 3.31. The Morgan fingerprint density at radius 2 is 2.25 bits per heavy atom. The van der Waals surface area contributed by atoms with Gasteiger partial charge in [-0.1, -0.05) is 18.2 Å². The average molecular weight is 274 g/mol. The van der Waals surface area contributed by atoms with Crippen molar-refractivity contribution in [2.45, 2.75) is 37.8 Å². The Bertz CT molecular complexity index is 503. The van der Waals surface area contributed by atoms with Crippen LogP contribution in [0.4, 0.5) is 5.69 Å². The fourth-order valence-electron chi connectivity index (χ4n) is 3.31. The van der Waals surface area contributed by atoms with E-state index in [4.69, 9.17) is 4.74 Å². The van der Waals surface area contributed by atoms with Crippen molar-refractivity contribution < 1.29 is 9.53 Å². The quantitative estimate of drug-likeness (QED) is 0.919. The Morgan fingerprint density at radius 3 is 3.00 bits per heavy atom. The lowest BCUT2D eigenvalue weighted by molar-refractivity contribution is -0.133. The third kappa shape index (κ3) is 2.40. The van der Waals surface area contributed by atoms with Crippen LogP contribution >= 0.6 is 0 Å². The van der Waals surface area contributed by atoms with Crippen molar-refractivity contribution in [1.29, 1.82) is 0 Å². The van der Waals surface area contributed by atoms with Crippen LogP contribution in [-0.2, 0) is 9.53 Å². The number of benzene rings is 1. The van der Waals surface area contributed by atoms with Crippen LogP contribution in [0.5, 0.6) is 0 Å². The summed E-state index contributed by atoms with van der Waals surface area (Å²) in [4.78, 5) is 14.4. The molecule has 2 aliphatic heterocycles. The van der Waals surface area contributed by atoms with Crippen LogP contribution in [0.3, 0.4) is 0 Å². The van der Waals surface area contributed by atoms with E-state index in [0.717, 1.165) is 19.6 Å². The standard InChI is InChI=1S/C16H22N2O2/c1-11-15(7-8-20-11)18(2)16(19)9-12-10-17-14-6-4-3-5-13(12)14/h3-6,11-12,15,17H,7-10H2,1-2H3. The van der Waals surface area contributed by atoms with E-state index in [0.29, 0.717) is 12.3 Å². The van der Waals surface area contributed by atoms with E-state index >= 15 is 0 Å². The summed E-state index contributed by atoms with van der Waals surface area (Å²) in [5.41, 5.74) is 2.44. The number of amides is 1. The van der Waals surface area contributed by atoms with Crippen LogP contribution in [0.2, 0.25) is 0 Å². The largest absolute Gasteiger partial charge is 0.384 e. The molecule has 4 heteroatoms. The molecule has 2 heterocycles. The van der Waals surface area contributed by atoms with E-state index in [1.54, 1.807) is 0 Å². The first-order valence-electron chi connectivity index (χ1n) is 7.37. The molecule has 1 N–H and O–H groups in total. The number of rotatable bonds is 3. The molecular formula is C16H22N2O2. The first-order chi connectivity index (χ1) is 9.66. The highest BCUT2D eigenvalue weighted by Crippen LogP contribution is 2.34. The van der Waals surface area contributed by atoms with Crippen molar-refractivity contribution in [2.24, 2.45) is 0 Å². The van der Waals surface area contributed by atoms with Gasteiger partial charge in [-0.15, -0.1) is 0 Å². The second-order valence-corrected chi connectivity index (χ2v) is 5.81. The summed E-state index contributed by atoms with van der Waals surface area (Å²) in [5.74, 6) is 0.509. The van der Waals surface area contributed by atoms with Crippen LogP contribution in [0.25, 0.3) is 0 Å². The summed E-state index contributed by atoms with van der Waals surface area (Å²) in [6, 6.07) is 8.50. The Labute approximate surface area is 120 Å². The second-order valence-electron chi connectivity index (χ2n) is 5.81. The molecule has 0 bridgehead atoms. The summed E-state index contributed by atoms with van der Waals surface area (Å²) in [6.07, 6.45) is 1.67. The summed E-state index contributed by atoms with van der Waals surface area (Å²) in [6.45, 7) is 3.67. The lowest BCUT2D eigenvalue weighted by Gasteiger charge is -2.27. The molecule has 0 aliphatic carbocycles. The van der Waals surface area contributed by atoms with Gasteiger partial charge in [-0.2, -0.15) is 0 Å². The maximum atomic E-state index is 12.5. The Morgan fingerprint density at radius 1 is 1.45 bits per heavy atom. The smallest absolute Gasteiger partial charge is 0.223 e. The number of carbonyl (C=O) groups excluding carboxylic acids is 1. The van der Waals surface area contributed by atoms with Crippen LogP contribution in [0, 0.1) is 0 Å². The molecule has 3 rings (SSSR count). The Balaban J connectivity index is 1.65. The number of carbonyl (C=O) groups is 1. The molecule has 4 nitrogen and oxygen atoms in total. The molecular weight excluding hydrogens is 252 g/mol. The summed E-state index contributed by atoms with van der Waals surface area (Å²) in [7, 11) is 1.91. The number of para-hydroxylation sites is 1. The highest BCUT2D eigenvalue weighted by Gasteiger charge is 2.32. The topological polar surface area (TPSA) is 41.6 Å². The van der Waals surface area contributed by atoms with Crippen LogP contribution in [0.15, 0.2) is 24.3 Å². The minimum Gasteiger partial charge on any atom is -0.384 e. The summed E-state index contributed by atoms with van der Waals surface area (Å²) >= 11 is 0. The van der Waals surface area contributed by atoms with Gasteiger partial charge in [-0.3, -0.25) is 4.79 Å². The normalized spacial score (nSPS) is 28.0. The molecule has 1 aromatic carbocycles. The number of hydrogen-bond acceptors (Lipinski definition) is 3. The van der Waals surface area contributed by atoms with Crippen molar-refractivity contribution in [1.82, 2.24) is 4.90 Å². The number of fused-ring (bicyclic) bond motifs is 1. The first-order valence-corrected chi connectivity index (χ1v) is 7.37. The van der Waals surface area contributed by atoms with Gasteiger partial charge in [0.05, 0.1) is 12.1 Å². The van der Waals surface area contributed by atoms with Crippen molar-refractivity contribution in [2.75, 3.05) is 25.5 Å². The number of anilines is 1. The maximum Gasteiger partial charge on any atom is 0.223 e. The van der Waals surface area contributed by atoms with Gasteiger partial charge >= 0.3 is 0 Å². The molecule has 2 aliphatic rings. The second kappa shape index (κ2) is 5.44. The number of likely N-dealkylation sites (N-methyl/N-ethyl adjacent to an activating group) is 1. The molecule has 3 atom stereocenters. The molecule has 1 fully saturated rings. The van der Waals surface area contributed by atoms with Crippen LogP contribution < -0.4 is 5.32 Å². The molecule has 0 radical (unpaired) electrons. The van der Waals surface area contributed by atoms with E-state index in [9.17, 15) is 4.79 Å². The lowest BCUT2D eigenvalue weighted by atomic mass is 9.97. The van der Waals surface area contributed by atoms with E-state index in [1.165, 1.54) is 11.3 Å². The average Bonchev–Trinajstić information content (AvgIpc) is 3.05. The zero-order chi connectivity index (χ0) is 14.1. The van der Waals surface area contributed by atoms with Crippen LogP contribution in [-0.4, -0.2) is 43.2 Å². The molecule has 1 amide bonds. The molecule has 0 spiro atoms. The highest BCUT2D eigenvalue weighted by molar-refractivity contribution is 5.78. The van der Waals surface area contributed by atoms with E-state index in [-0.39, 0.29) is 18.1 Å². The zero-order valence-corrected chi connectivity index (χ0v) is 12.1. The van der Waals surface area contributed by atoms with Gasteiger partial charge in [0.1, 0.15) is 0 Å². The monoisotopic (exact) mass is 274 g/mol. The van der Waals surface area contributed by atoms with Crippen molar-refractivity contribution in [3.05, 3.63) is 29.8 Å². The predicted molar refractivity (Wildman–Crippen MR) is 78.9 cm³/mol. The number of nitrogens with one attached hydrogen (secondary N) is 1. The van der Waals surface area contributed by atoms with E-state index in [2.05, 4.69) is 17.4 Å². The van der Waals surface area contributed by atoms with E-state index in [1.807, 2.05) is 31.0 Å². The Hall–Kier alpha value is -1.55. The van der Waals surface area contributed by atoms with Gasteiger partial charge in [-0.05, 0) is 25.0 Å². The third-order valence-electron chi connectivity index (χ3n) is 4.59. The molecule has 0 saturated carbocycles. The van der Waals surface area contributed by atoms with Crippen molar-refractivity contribution in [3.8, 4) is 0 Å². The third-order valence-corrected chi connectivity index (χ3v) is 4.59. The van der Waals surface area contributed by atoms with Crippen LogP contribution in [0.1, 0.15) is 31.2 Å². The Kier molecular flexibility index (Phi) is 3.66. The first kappa shape index (κ1) is 13.4. The zero-order valence-electron chi connectivity index (χ0n) is 12.1. The van der Waals surface area contributed by atoms with Gasteiger partial charge in [0.15, 0.2) is 0 Å². The van der Waals surface area contributed by atoms with Gasteiger partial charge in [0.2, 0.25) is 5.91 Å². The predicted octanol–water partition coefficient (Wildman–Crippen LogP) is 2.22. The summed E-state index contributed by atoms with van der Waals surface area (Å²) < 4.78 is 5.56. The van der Waals surface area contributed by atoms with Gasteiger partial charge in [-0.25, -0.2) is 0 Å². The minimum atomic E-state index is 0.151. The maximum absolute atomic E-state index is 12.5. The van der Waals surface area contributed by atoms with E-state index < -0.39 is 0 Å². The van der Waals surface area contributed by atoms with Gasteiger partial charge in [0, 0.05) is 38.2 Å². The number of ether oxygens (including phenoxy) is 1. The number of nitrogens with zero attached hydrogens (tertiary/aromatic N) is 1. The van der Waals surface area contributed by atoms with Crippen molar-refractivity contribution >= 4 is 11.6 Å². The lowest BCUT2D eigenvalue weighted by Crippen LogP contribution is -2.41. The molecule has 1 aromatic rings. The van der Waals surface area contributed by atoms with Crippen molar-refractivity contribution in [3.63, 3.8) is 0 Å². The van der Waals surface area contributed by atoms with Gasteiger partial charge in [0.25, 0.3) is 0 Å². The minimum absolute atomic E-state index is 0.151. The number of hydrogen-bond donors (Lipinski definition) is 1. The SMILES string of the molecule is CC1OCCC1N(C)C(=O)CC1CNc2ccccc21. The molecule has 0 aromatic heterocycles. The molecule has 108 valence electrons. The van der Waals surface area contributed by atoms with Gasteiger partial charge < -0.3 is 15.0 Å². The molecule has 3 unspecified atom stereocenters. The highest BCUT2D eigenvalue weighted by atomic mass is 16.5. The molecule has 20 heavy (non-hydrogen) atoms. The summed E-state index contributed by atoms with van der Waals surface area (Å²) in [5, 5.41) is 3.38. The molecule has 1 saturated heterocycles. The fraction of sp³-hybridized carbons (Fsp3) is 0.562.